The summed E-state index contributed by atoms with van der Waals surface area (Å²) in [6.07, 6.45) is 0.852. The Balaban J connectivity index is 1.56. The van der Waals surface area contributed by atoms with E-state index in [1.807, 2.05) is 31.2 Å². The fourth-order valence-electron chi connectivity index (χ4n) is 3.20. The number of aryl methyl sites for hydroxylation is 2. The molecule has 140 valence electrons. The molecule has 1 fully saturated rings. The number of aromatic hydroxyl groups is 1. The molecule has 1 atom stereocenters. The average molecular weight is 358 g/mol. The Hall–Kier alpha value is -2.31. The molecule has 0 bridgehead atoms. The highest BCUT2D eigenvalue weighted by Gasteiger charge is 2.25. The third kappa shape index (κ3) is 4.86. The SMILES string of the molecule is Cc1ccc(C(CNC(=O)CCc2ccccc2O)N2CCOCC2)o1. The van der Waals surface area contributed by atoms with Gasteiger partial charge in [0, 0.05) is 26.1 Å². The van der Waals surface area contributed by atoms with Gasteiger partial charge in [0.25, 0.3) is 0 Å². The normalized spacial score (nSPS) is 16.3. The van der Waals surface area contributed by atoms with Crippen LogP contribution in [0.3, 0.4) is 0 Å². The summed E-state index contributed by atoms with van der Waals surface area (Å²) in [5, 5.41) is 12.8. The molecule has 0 saturated carbocycles. The number of hydrogen-bond acceptors (Lipinski definition) is 5. The van der Waals surface area contributed by atoms with E-state index in [9.17, 15) is 9.90 Å². The van der Waals surface area contributed by atoms with Crippen LogP contribution in [0, 0.1) is 6.92 Å². The van der Waals surface area contributed by atoms with E-state index in [-0.39, 0.29) is 17.7 Å². The van der Waals surface area contributed by atoms with Gasteiger partial charge in [0.05, 0.1) is 19.3 Å². The number of phenols is 1. The van der Waals surface area contributed by atoms with Crippen LogP contribution >= 0.6 is 0 Å². The number of carbonyl (C=O) groups excluding carboxylic acids is 1. The fourth-order valence-corrected chi connectivity index (χ4v) is 3.20. The van der Waals surface area contributed by atoms with E-state index < -0.39 is 0 Å². The number of para-hydroxylation sites is 1. The molecule has 2 aromatic rings. The van der Waals surface area contributed by atoms with Gasteiger partial charge in [0.2, 0.25) is 5.91 Å². The molecule has 1 amide bonds. The minimum absolute atomic E-state index is 0.00155. The number of amides is 1. The average Bonchev–Trinajstić information content (AvgIpc) is 3.08. The molecular formula is C20H26N2O4. The highest BCUT2D eigenvalue weighted by molar-refractivity contribution is 5.76. The van der Waals surface area contributed by atoms with Gasteiger partial charge in [-0.3, -0.25) is 9.69 Å². The lowest BCUT2D eigenvalue weighted by Crippen LogP contribution is -2.43. The first-order valence-electron chi connectivity index (χ1n) is 9.05. The monoisotopic (exact) mass is 358 g/mol. The first kappa shape index (κ1) is 18.5. The van der Waals surface area contributed by atoms with Crippen LogP contribution in [-0.2, 0) is 16.0 Å². The van der Waals surface area contributed by atoms with Crippen LogP contribution in [0.25, 0.3) is 0 Å². The van der Waals surface area contributed by atoms with Gasteiger partial charge in [-0.2, -0.15) is 0 Å². The standard InChI is InChI=1S/C20H26N2O4/c1-15-6-8-19(26-15)17(22-10-12-25-13-11-22)14-21-20(24)9-7-16-4-2-3-5-18(16)23/h2-6,8,17,23H,7,9-14H2,1H3,(H,21,24). The van der Waals surface area contributed by atoms with E-state index in [1.54, 1.807) is 12.1 Å². The molecule has 1 aliphatic heterocycles. The number of carbonyl (C=O) groups is 1. The van der Waals surface area contributed by atoms with Crippen molar-refractivity contribution < 1.29 is 19.1 Å². The van der Waals surface area contributed by atoms with Crippen molar-refractivity contribution in [2.24, 2.45) is 0 Å². The lowest BCUT2D eigenvalue weighted by Gasteiger charge is -2.33. The van der Waals surface area contributed by atoms with E-state index in [0.29, 0.717) is 32.6 Å². The lowest BCUT2D eigenvalue weighted by molar-refractivity contribution is -0.121. The Morgan fingerprint density at radius 3 is 2.69 bits per heavy atom. The molecule has 6 nitrogen and oxygen atoms in total. The van der Waals surface area contributed by atoms with Crippen molar-refractivity contribution in [1.29, 1.82) is 0 Å². The second-order valence-electron chi connectivity index (χ2n) is 6.55. The molecule has 6 heteroatoms. The topological polar surface area (TPSA) is 74.9 Å². The van der Waals surface area contributed by atoms with Crippen LogP contribution in [0.2, 0.25) is 0 Å². The van der Waals surface area contributed by atoms with Crippen molar-refractivity contribution in [2.45, 2.75) is 25.8 Å². The molecule has 0 spiro atoms. The Bertz CT molecular complexity index is 722. The van der Waals surface area contributed by atoms with Crippen molar-refractivity contribution in [3.05, 3.63) is 53.5 Å². The van der Waals surface area contributed by atoms with E-state index >= 15 is 0 Å². The van der Waals surface area contributed by atoms with Crippen molar-refractivity contribution in [3.8, 4) is 5.75 Å². The van der Waals surface area contributed by atoms with Crippen LogP contribution in [0.5, 0.6) is 5.75 Å². The van der Waals surface area contributed by atoms with E-state index in [4.69, 9.17) is 9.15 Å². The van der Waals surface area contributed by atoms with E-state index in [1.165, 1.54) is 0 Å². The predicted octanol–water partition coefficient (Wildman–Crippen LogP) is 2.42. The number of phenolic OH excluding ortho intramolecular Hbond substituents is 1. The second-order valence-corrected chi connectivity index (χ2v) is 6.55. The van der Waals surface area contributed by atoms with Gasteiger partial charge in [-0.25, -0.2) is 0 Å². The smallest absolute Gasteiger partial charge is 0.220 e. The number of furan rings is 1. The summed E-state index contributed by atoms with van der Waals surface area (Å²) in [6.45, 7) is 5.43. The Kier molecular flexibility index (Phi) is 6.30. The first-order chi connectivity index (χ1) is 12.6. The Labute approximate surface area is 153 Å². The molecule has 1 aliphatic rings. The number of morpholine rings is 1. The predicted molar refractivity (Wildman–Crippen MR) is 98.0 cm³/mol. The summed E-state index contributed by atoms with van der Waals surface area (Å²) in [6, 6.07) is 11.0. The van der Waals surface area contributed by atoms with Crippen LogP contribution in [-0.4, -0.2) is 48.8 Å². The first-order valence-corrected chi connectivity index (χ1v) is 9.05. The van der Waals surface area contributed by atoms with Gasteiger partial charge < -0.3 is 19.6 Å². The van der Waals surface area contributed by atoms with Gasteiger partial charge in [-0.15, -0.1) is 0 Å². The molecule has 1 saturated heterocycles. The minimum atomic E-state index is -0.0326. The Morgan fingerprint density at radius 2 is 2.00 bits per heavy atom. The maximum Gasteiger partial charge on any atom is 0.220 e. The highest BCUT2D eigenvalue weighted by Crippen LogP contribution is 2.23. The lowest BCUT2D eigenvalue weighted by atomic mass is 10.1. The number of benzene rings is 1. The summed E-state index contributed by atoms with van der Waals surface area (Å²) in [4.78, 5) is 14.6. The van der Waals surface area contributed by atoms with Crippen LogP contribution in [0.1, 0.15) is 29.5 Å². The molecule has 26 heavy (non-hydrogen) atoms. The molecule has 0 aliphatic carbocycles. The molecular weight excluding hydrogens is 332 g/mol. The van der Waals surface area contributed by atoms with Gasteiger partial charge in [0.1, 0.15) is 17.3 Å². The highest BCUT2D eigenvalue weighted by atomic mass is 16.5. The largest absolute Gasteiger partial charge is 0.508 e. The summed E-state index contributed by atoms with van der Waals surface area (Å²) in [7, 11) is 0. The molecule has 3 rings (SSSR count). The Morgan fingerprint density at radius 1 is 1.23 bits per heavy atom. The maximum atomic E-state index is 12.3. The fraction of sp³-hybridized carbons (Fsp3) is 0.450. The van der Waals surface area contributed by atoms with Crippen molar-refractivity contribution in [3.63, 3.8) is 0 Å². The zero-order valence-corrected chi connectivity index (χ0v) is 15.1. The van der Waals surface area contributed by atoms with Gasteiger partial charge in [0.15, 0.2) is 0 Å². The zero-order chi connectivity index (χ0) is 18.4. The third-order valence-electron chi connectivity index (χ3n) is 4.68. The minimum Gasteiger partial charge on any atom is -0.508 e. The van der Waals surface area contributed by atoms with Gasteiger partial charge >= 0.3 is 0 Å². The molecule has 2 N–H and O–H groups in total. The third-order valence-corrected chi connectivity index (χ3v) is 4.68. The number of nitrogens with one attached hydrogen (secondary N) is 1. The molecule has 0 radical (unpaired) electrons. The number of nitrogens with zero attached hydrogens (tertiary/aromatic N) is 1. The van der Waals surface area contributed by atoms with Crippen molar-refractivity contribution >= 4 is 5.91 Å². The summed E-state index contributed by atoms with van der Waals surface area (Å²) >= 11 is 0. The van der Waals surface area contributed by atoms with Crippen LogP contribution in [0.4, 0.5) is 0 Å². The van der Waals surface area contributed by atoms with Gasteiger partial charge in [-0.1, -0.05) is 18.2 Å². The molecule has 1 unspecified atom stereocenters. The zero-order valence-electron chi connectivity index (χ0n) is 15.1. The van der Waals surface area contributed by atoms with Gasteiger partial charge in [-0.05, 0) is 37.1 Å². The maximum absolute atomic E-state index is 12.3. The molecule has 1 aromatic heterocycles. The van der Waals surface area contributed by atoms with E-state index in [0.717, 1.165) is 30.2 Å². The van der Waals surface area contributed by atoms with Crippen LogP contribution < -0.4 is 5.32 Å². The van der Waals surface area contributed by atoms with Crippen molar-refractivity contribution in [1.82, 2.24) is 10.2 Å². The quantitative estimate of drug-likeness (QED) is 0.795. The van der Waals surface area contributed by atoms with Crippen molar-refractivity contribution in [2.75, 3.05) is 32.8 Å². The van der Waals surface area contributed by atoms with E-state index in [2.05, 4.69) is 10.2 Å². The summed E-state index contributed by atoms with van der Waals surface area (Å²) < 4.78 is 11.2. The molecule has 1 aromatic carbocycles. The second kappa shape index (κ2) is 8.87. The molecule has 2 heterocycles. The summed E-state index contributed by atoms with van der Waals surface area (Å²) in [5.41, 5.74) is 0.786. The number of hydrogen-bond donors (Lipinski definition) is 2. The van der Waals surface area contributed by atoms with Crippen LogP contribution in [0.15, 0.2) is 40.8 Å². The number of rotatable bonds is 7. The summed E-state index contributed by atoms with van der Waals surface area (Å²) in [5.74, 6) is 1.93. The number of ether oxygens (including phenoxy) is 1.